The largest absolute Gasteiger partial charge is 0.392 e. The average Bonchev–Trinajstić information content (AvgIpc) is 2.83. The van der Waals surface area contributed by atoms with E-state index >= 15 is 0 Å². The van der Waals surface area contributed by atoms with Crippen LogP contribution in [-0.2, 0) is 16.6 Å². The van der Waals surface area contributed by atoms with Gasteiger partial charge in [0.05, 0.1) is 11.5 Å². The van der Waals surface area contributed by atoms with Gasteiger partial charge in [-0.25, -0.2) is 13.1 Å². The fourth-order valence-electron chi connectivity index (χ4n) is 2.35. The number of aliphatic hydroxyl groups is 1. The lowest BCUT2D eigenvalue weighted by atomic mass is 10.1. The minimum absolute atomic E-state index is 0.176. The number of nitrogens with zero attached hydrogens (tertiary/aromatic N) is 1. The van der Waals surface area contributed by atoms with Crippen molar-refractivity contribution in [3.8, 4) is 0 Å². The number of likely N-dealkylation sites (tertiary alicyclic amines) is 1. The molecule has 1 atom stereocenters. The number of benzene rings is 1. The first-order valence-corrected chi connectivity index (χ1v) is 8.77. The second kappa shape index (κ2) is 6.53. The fourth-order valence-corrected chi connectivity index (χ4v) is 4.48. The van der Waals surface area contributed by atoms with E-state index in [0.717, 1.165) is 19.5 Å². The standard InChI is InChI=1S/C13H19BrN2O3S/c1-16-5-4-11(8-16)7-15-20(18,19)13-6-10(9-17)2-3-12(13)14/h2-3,6,11,15,17H,4-5,7-9H2,1H3. The van der Waals surface area contributed by atoms with E-state index in [0.29, 0.717) is 22.5 Å². The average molecular weight is 363 g/mol. The lowest BCUT2D eigenvalue weighted by Crippen LogP contribution is -2.30. The van der Waals surface area contributed by atoms with E-state index in [-0.39, 0.29) is 11.5 Å². The van der Waals surface area contributed by atoms with Crippen molar-refractivity contribution in [2.24, 2.45) is 5.92 Å². The van der Waals surface area contributed by atoms with Gasteiger partial charge in [0.2, 0.25) is 10.0 Å². The Morgan fingerprint density at radius 1 is 1.50 bits per heavy atom. The second-order valence-electron chi connectivity index (χ2n) is 5.19. The third-order valence-corrected chi connectivity index (χ3v) is 5.94. The number of halogens is 1. The Morgan fingerprint density at radius 3 is 2.85 bits per heavy atom. The lowest BCUT2D eigenvalue weighted by molar-refractivity contribution is 0.281. The first kappa shape index (κ1) is 15.9. The molecule has 1 unspecified atom stereocenters. The van der Waals surface area contributed by atoms with Gasteiger partial charge in [-0.2, -0.15) is 0 Å². The van der Waals surface area contributed by atoms with Crippen molar-refractivity contribution in [2.45, 2.75) is 17.9 Å². The maximum Gasteiger partial charge on any atom is 0.241 e. The highest BCUT2D eigenvalue weighted by Crippen LogP contribution is 2.23. The molecule has 112 valence electrons. The molecule has 1 aliphatic rings. The van der Waals surface area contributed by atoms with Gasteiger partial charge < -0.3 is 10.0 Å². The molecule has 1 heterocycles. The zero-order chi connectivity index (χ0) is 14.8. The number of hydrogen-bond donors (Lipinski definition) is 2. The molecule has 2 rings (SSSR count). The molecule has 1 fully saturated rings. The smallest absolute Gasteiger partial charge is 0.241 e. The van der Waals surface area contributed by atoms with Gasteiger partial charge in [-0.3, -0.25) is 0 Å². The summed E-state index contributed by atoms with van der Waals surface area (Å²) in [6, 6.07) is 4.83. The van der Waals surface area contributed by atoms with Crippen LogP contribution in [0.1, 0.15) is 12.0 Å². The molecule has 1 aliphatic heterocycles. The Morgan fingerprint density at radius 2 is 2.25 bits per heavy atom. The zero-order valence-corrected chi connectivity index (χ0v) is 13.7. The third-order valence-electron chi connectivity index (χ3n) is 3.52. The topological polar surface area (TPSA) is 69.6 Å². The van der Waals surface area contributed by atoms with E-state index in [1.165, 1.54) is 6.07 Å². The van der Waals surface area contributed by atoms with Gasteiger partial charge in [0, 0.05) is 17.6 Å². The van der Waals surface area contributed by atoms with E-state index in [4.69, 9.17) is 5.11 Å². The maximum absolute atomic E-state index is 12.3. The van der Waals surface area contributed by atoms with Crippen molar-refractivity contribution in [3.63, 3.8) is 0 Å². The molecule has 0 amide bonds. The number of rotatable bonds is 5. The molecule has 0 bridgehead atoms. The Labute approximate surface area is 128 Å². The van der Waals surface area contributed by atoms with Crippen molar-refractivity contribution in [2.75, 3.05) is 26.7 Å². The first-order valence-electron chi connectivity index (χ1n) is 6.50. The lowest BCUT2D eigenvalue weighted by Gasteiger charge is -2.13. The summed E-state index contributed by atoms with van der Waals surface area (Å²) < 4.78 is 27.8. The summed E-state index contributed by atoms with van der Waals surface area (Å²) >= 11 is 3.25. The Kier molecular flexibility index (Phi) is 5.19. The van der Waals surface area contributed by atoms with Gasteiger partial charge in [0.15, 0.2) is 0 Å². The minimum Gasteiger partial charge on any atom is -0.392 e. The molecule has 1 aromatic rings. The zero-order valence-electron chi connectivity index (χ0n) is 11.3. The Hall–Kier alpha value is -0.470. The summed E-state index contributed by atoms with van der Waals surface area (Å²) in [5, 5.41) is 9.11. The molecule has 20 heavy (non-hydrogen) atoms. The number of nitrogens with one attached hydrogen (secondary N) is 1. The van der Waals surface area contributed by atoms with Crippen LogP contribution in [-0.4, -0.2) is 45.1 Å². The van der Waals surface area contributed by atoms with Crippen LogP contribution in [0.5, 0.6) is 0 Å². The molecule has 0 aliphatic carbocycles. The van der Waals surface area contributed by atoms with Gasteiger partial charge in [-0.15, -0.1) is 0 Å². The predicted octanol–water partition coefficient (Wildman–Crippen LogP) is 1.17. The van der Waals surface area contributed by atoms with Crippen LogP contribution >= 0.6 is 15.9 Å². The number of hydrogen-bond acceptors (Lipinski definition) is 4. The minimum atomic E-state index is -3.56. The normalized spacial score (nSPS) is 20.4. The van der Waals surface area contributed by atoms with E-state index in [2.05, 4.69) is 25.6 Å². The van der Waals surface area contributed by atoms with E-state index in [1.807, 2.05) is 7.05 Å². The number of sulfonamides is 1. The van der Waals surface area contributed by atoms with Crippen LogP contribution in [0.3, 0.4) is 0 Å². The van der Waals surface area contributed by atoms with Gasteiger partial charge >= 0.3 is 0 Å². The first-order chi connectivity index (χ1) is 9.42. The molecule has 1 aromatic carbocycles. The fraction of sp³-hybridized carbons (Fsp3) is 0.538. The van der Waals surface area contributed by atoms with Gasteiger partial charge in [0.25, 0.3) is 0 Å². The van der Waals surface area contributed by atoms with Crippen LogP contribution in [0.15, 0.2) is 27.6 Å². The summed E-state index contributed by atoms with van der Waals surface area (Å²) in [6.07, 6.45) is 1.01. The third kappa shape index (κ3) is 3.79. The molecular weight excluding hydrogens is 344 g/mol. The highest BCUT2D eigenvalue weighted by atomic mass is 79.9. The molecule has 0 aromatic heterocycles. The highest BCUT2D eigenvalue weighted by molar-refractivity contribution is 9.10. The SMILES string of the molecule is CN1CCC(CNS(=O)(=O)c2cc(CO)ccc2Br)C1. The van der Waals surface area contributed by atoms with Crippen molar-refractivity contribution in [1.82, 2.24) is 9.62 Å². The van der Waals surface area contributed by atoms with Crippen LogP contribution in [0.2, 0.25) is 0 Å². The summed E-state index contributed by atoms with van der Waals surface area (Å²) in [5.41, 5.74) is 0.578. The molecule has 0 spiro atoms. The molecule has 2 N–H and O–H groups in total. The quantitative estimate of drug-likeness (QED) is 0.824. The van der Waals surface area contributed by atoms with Gasteiger partial charge in [-0.05, 0) is 59.6 Å². The van der Waals surface area contributed by atoms with Crippen molar-refractivity contribution < 1.29 is 13.5 Å². The van der Waals surface area contributed by atoms with E-state index in [9.17, 15) is 8.42 Å². The van der Waals surface area contributed by atoms with Crippen LogP contribution < -0.4 is 4.72 Å². The van der Waals surface area contributed by atoms with Crippen molar-refractivity contribution >= 4 is 26.0 Å². The van der Waals surface area contributed by atoms with Crippen LogP contribution in [0.4, 0.5) is 0 Å². The highest BCUT2D eigenvalue weighted by Gasteiger charge is 2.23. The van der Waals surface area contributed by atoms with Crippen LogP contribution in [0, 0.1) is 5.92 Å². The van der Waals surface area contributed by atoms with Crippen molar-refractivity contribution in [1.29, 1.82) is 0 Å². The molecule has 1 saturated heterocycles. The summed E-state index contributed by atoms with van der Waals surface area (Å²) in [4.78, 5) is 2.37. The molecule has 5 nitrogen and oxygen atoms in total. The molecule has 7 heteroatoms. The molecular formula is C13H19BrN2O3S. The predicted molar refractivity (Wildman–Crippen MR) is 80.9 cm³/mol. The van der Waals surface area contributed by atoms with E-state index in [1.54, 1.807) is 12.1 Å². The Bertz CT molecular complexity index is 577. The monoisotopic (exact) mass is 362 g/mol. The van der Waals surface area contributed by atoms with Gasteiger partial charge in [0.1, 0.15) is 0 Å². The van der Waals surface area contributed by atoms with E-state index < -0.39 is 10.0 Å². The number of aliphatic hydroxyl groups excluding tert-OH is 1. The summed E-state index contributed by atoms with van der Waals surface area (Å²) in [5.74, 6) is 0.356. The summed E-state index contributed by atoms with van der Waals surface area (Å²) in [6.45, 7) is 2.20. The second-order valence-corrected chi connectivity index (χ2v) is 7.78. The van der Waals surface area contributed by atoms with Gasteiger partial charge in [-0.1, -0.05) is 6.07 Å². The molecule has 0 saturated carbocycles. The molecule has 0 radical (unpaired) electrons. The Balaban J connectivity index is 2.10. The summed E-state index contributed by atoms with van der Waals surface area (Å²) in [7, 11) is -1.52. The van der Waals surface area contributed by atoms with Crippen molar-refractivity contribution in [3.05, 3.63) is 28.2 Å². The van der Waals surface area contributed by atoms with Crippen LogP contribution in [0.25, 0.3) is 0 Å². The maximum atomic E-state index is 12.3.